The number of nitrogens with one attached hydrogen (secondary N) is 1. The molecule has 0 spiro atoms. The van der Waals surface area contributed by atoms with Gasteiger partial charge in [-0.1, -0.05) is 23.9 Å². The molecule has 9 heteroatoms. The smallest absolute Gasteiger partial charge is 0.236 e. The fraction of sp³-hybridized carbons (Fsp3) is 0.353. The summed E-state index contributed by atoms with van der Waals surface area (Å²) in [4.78, 5) is 16.7. The van der Waals surface area contributed by atoms with Gasteiger partial charge in [0.15, 0.2) is 5.13 Å². The predicted molar refractivity (Wildman–Crippen MR) is 105 cm³/mol. The number of carbonyl (C=O) groups is 1. The van der Waals surface area contributed by atoms with Crippen LogP contribution in [-0.4, -0.2) is 36.9 Å². The molecule has 0 bridgehead atoms. The Labute approximate surface area is 160 Å². The van der Waals surface area contributed by atoms with Crippen LogP contribution in [0.3, 0.4) is 0 Å². The second-order valence-electron chi connectivity index (χ2n) is 6.17. The average molecular weight is 389 g/mol. The van der Waals surface area contributed by atoms with E-state index in [1.54, 1.807) is 4.68 Å². The lowest BCUT2D eigenvalue weighted by atomic mass is 10.1. The maximum atomic E-state index is 12.2. The second-order valence-corrected chi connectivity index (χ2v) is 7.97. The number of aromatic nitrogens is 5. The van der Waals surface area contributed by atoms with Crippen LogP contribution in [0.25, 0.3) is 11.3 Å². The number of hydrogen-bond acceptors (Lipinski definition) is 7. The number of thiazole rings is 1. The van der Waals surface area contributed by atoms with E-state index in [1.807, 2.05) is 25.3 Å². The third kappa shape index (κ3) is 4.28. The molecule has 0 unspecified atom stereocenters. The number of amides is 1. The predicted octanol–water partition coefficient (Wildman–Crippen LogP) is 3.73. The van der Waals surface area contributed by atoms with Crippen LogP contribution >= 0.6 is 23.1 Å². The lowest BCUT2D eigenvalue weighted by Gasteiger charge is -2.06. The van der Waals surface area contributed by atoms with Crippen LogP contribution < -0.4 is 5.32 Å². The van der Waals surface area contributed by atoms with E-state index in [0.29, 0.717) is 10.3 Å². The molecule has 136 valence electrons. The van der Waals surface area contributed by atoms with Crippen LogP contribution in [0.4, 0.5) is 5.13 Å². The number of aryl methyl sites for hydroxylation is 2. The van der Waals surface area contributed by atoms with E-state index >= 15 is 0 Å². The number of carbonyl (C=O) groups excluding carboxylic acids is 1. The van der Waals surface area contributed by atoms with Gasteiger partial charge in [-0.2, -0.15) is 0 Å². The Kier molecular flexibility index (Phi) is 5.67. The molecule has 0 radical (unpaired) electrons. The zero-order valence-corrected chi connectivity index (χ0v) is 16.7. The first-order valence-corrected chi connectivity index (χ1v) is 10.0. The Morgan fingerprint density at radius 1 is 1.31 bits per heavy atom. The number of nitrogens with zero attached hydrogens (tertiary/aromatic N) is 5. The highest BCUT2D eigenvalue weighted by molar-refractivity contribution is 7.99. The molecule has 1 amide bonds. The SMILES string of the molecule is Cc1ccc(-c2csc(NC(=O)CSc3nnnn3C(C)C)n2)cc1C. The molecule has 2 aromatic heterocycles. The third-order valence-electron chi connectivity index (χ3n) is 3.84. The molecule has 0 atom stereocenters. The van der Waals surface area contributed by atoms with Gasteiger partial charge in [-0.3, -0.25) is 4.79 Å². The summed E-state index contributed by atoms with van der Waals surface area (Å²) >= 11 is 2.72. The highest BCUT2D eigenvalue weighted by atomic mass is 32.2. The quantitative estimate of drug-likeness (QED) is 0.648. The van der Waals surface area contributed by atoms with Crippen molar-refractivity contribution in [2.24, 2.45) is 0 Å². The van der Waals surface area contributed by atoms with Gasteiger partial charge in [-0.25, -0.2) is 9.67 Å². The Morgan fingerprint density at radius 2 is 2.12 bits per heavy atom. The van der Waals surface area contributed by atoms with E-state index < -0.39 is 0 Å². The molecule has 2 heterocycles. The molecular weight excluding hydrogens is 368 g/mol. The van der Waals surface area contributed by atoms with Gasteiger partial charge in [-0.05, 0) is 55.3 Å². The summed E-state index contributed by atoms with van der Waals surface area (Å²) in [5.41, 5.74) is 4.39. The van der Waals surface area contributed by atoms with Crippen LogP contribution in [0.5, 0.6) is 0 Å². The van der Waals surface area contributed by atoms with Gasteiger partial charge in [0.1, 0.15) is 0 Å². The third-order valence-corrected chi connectivity index (χ3v) is 5.53. The molecule has 7 nitrogen and oxygen atoms in total. The highest BCUT2D eigenvalue weighted by Gasteiger charge is 2.13. The van der Waals surface area contributed by atoms with Crippen molar-refractivity contribution in [3.63, 3.8) is 0 Å². The molecular formula is C17H20N6OS2. The largest absolute Gasteiger partial charge is 0.301 e. The van der Waals surface area contributed by atoms with E-state index in [9.17, 15) is 4.79 Å². The Bertz CT molecular complexity index is 918. The fourth-order valence-electron chi connectivity index (χ4n) is 2.25. The summed E-state index contributed by atoms with van der Waals surface area (Å²) in [7, 11) is 0. The second kappa shape index (κ2) is 7.96. The van der Waals surface area contributed by atoms with Crippen molar-refractivity contribution in [2.75, 3.05) is 11.1 Å². The average Bonchev–Trinajstić information content (AvgIpc) is 3.24. The maximum Gasteiger partial charge on any atom is 0.236 e. The van der Waals surface area contributed by atoms with Gasteiger partial charge in [0.25, 0.3) is 0 Å². The summed E-state index contributed by atoms with van der Waals surface area (Å²) in [6.07, 6.45) is 0. The lowest BCUT2D eigenvalue weighted by Crippen LogP contribution is -2.15. The van der Waals surface area contributed by atoms with Crippen molar-refractivity contribution in [1.82, 2.24) is 25.2 Å². The topological polar surface area (TPSA) is 85.6 Å². The molecule has 0 saturated carbocycles. The first kappa shape index (κ1) is 18.5. The van der Waals surface area contributed by atoms with Crippen molar-refractivity contribution < 1.29 is 4.79 Å². The van der Waals surface area contributed by atoms with Gasteiger partial charge in [-0.15, -0.1) is 16.4 Å². The highest BCUT2D eigenvalue weighted by Crippen LogP contribution is 2.26. The van der Waals surface area contributed by atoms with Gasteiger partial charge in [0, 0.05) is 10.9 Å². The van der Waals surface area contributed by atoms with E-state index in [1.165, 1.54) is 34.2 Å². The standard InChI is InChI=1S/C17H20N6OS2/c1-10(2)23-17(20-21-22-23)26-9-15(24)19-16-18-14(8-25-16)13-6-5-11(3)12(4)7-13/h5-8,10H,9H2,1-4H3,(H,18,19,24). The summed E-state index contributed by atoms with van der Waals surface area (Å²) in [5.74, 6) is 0.0975. The number of rotatable bonds is 6. The molecule has 26 heavy (non-hydrogen) atoms. The number of thioether (sulfide) groups is 1. The Morgan fingerprint density at radius 3 is 2.85 bits per heavy atom. The fourth-order valence-corrected chi connectivity index (χ4v) is 3.80. The Balaban J connectivity index is 1.61. The minimum atomic E-state index is -0.130. The molecule has 0 aliphatic heterocycles. The summed E-state index contributed by atoms with van der Waals surface area (Å²) < 4.78 is 1.69. The summed E-state index contributed by atoms with van der Waals surface area (Å²) in [5, 5.41) is 17.5. The van der Waals surface area contributed by atoms with E-state index in [2.05, 4.69) is 51.8 Å². The lowest BCUT2D eigenvalue weighted by molar-refractivity contribution is -0.113. The molecule has 0 saturated heterocycles. The van der Waals surface area contributed by atoms with Crippen molar-refractivity contribution in [3.05, 3.63) is 34.7 Å². The van der Waals surface area contributed by atoms with E-state index in [-0.39, 0.29) is 17.7 Å². The minimum Gasteiger partial charge on any atom is -0.301 e. The van der Waals surface area contributed by atoms with E-state index in [4.69, 9.17) is 0 Å². The maximum absolute atomic E-state index is 12.2. The minimum absolute atomic E-state index is 0.130. The monoisotopic (exact) mass is 388 g/mol. The Hall–Kier alpha value is -2.26. The van der Waals surface area contributed by atoms with Crippen molar-refractivity contribution >= 4 is 34.1 Å². The van der Waals surface area contributed by atoms with Crippen LogP contribution in [-0.2, 0) is 4.79 Å². The number of anilines is 1. The zero-order valence-electron chi connectivity index (χ0n) is 15.1. The van der Waals surface area contributed by atoms with Crippen LogP contribution in [0.2, 0.25) is 0 Å². The van der Waals surface area contributed by atoms with E-state index in [0.717, 1.165) is 11.3 Å². The van der Waals surface area contributed by atoms with Crippen molar-refractivity contribution in [3.8, 4) is 11.3 Å². The molecule has 3 aromatic rings. The molecule has 0 fully saturated rings. The molecule has 1 aromatic carbocycles. The molecule has 0 aliphatic rings. The summed E-state index contributed by atoms with van der Waals surface area (Å²) in [6, 6.07) is 6.38. The van der Waals surface area contributed by atoms with Crippen LogP contribution in [0.15, 0.2) is 28.7 Å². The molecule has 0 aliphatic carbocycles. The van der Waals surface area contributed by atoms with Gasteiger partial charge < -0.3 is 5.32 Å². The van der Waals surface area contributed by atoms with Crippen LogP contribution in [0, 0.1) is 13.8 Å². The van der Waals surface area contributed by atoms with Crippen molar-refractivity contribution in [1.29, 1.82) is 0 Å². The summed E-state index contributed by atoms with van der Waals surface area (Å²) in [6.45, 7) is 8.14. The number of hydrogen-bond donors (Lipinski definition) is 1. The van der Waals surface area contributed by atoms with Crippen LogP contribution in [0.1, 0.15) is 31.0 Å². The van der Waals surface area contributed by atoms with Gasteiger partial charge >= 0.3 is 0 Å². The zero-order chi connectivity index (χ0) is 18.7. The van der Waals surface area contributed by atoms with Gasteiger partial charge in [0.2, 0.25) is 11.1 Å². The molecule has 1 N–H and O–H groups in total. The van der Waals surface area contributed by atoms with Crippen molar-refractivity contribution in [2.45, 2.75) is 38.9 Å². The normalized spacial score (nSPS) is 11.1. The first-order valence-electron chi connectivity index (χ1n) is 8.17. The van der Waals surface area contributed by atoms with Gasteiger partial charge in [0.05, 0.1) is 17.5 Å². The first-order chi connectivity index (χ1) is 12.4. The number of benzene rings is 1. The number of tetrazole rings is 1. The molecule has 3 rings (SSSR count).